The zero-order chi connectivity index (χ0) is 41.9. The minimum atomic E-state index is -0.240. The topological polar surface area (TPSA) is 127 Å². The first-order valence-electron chi connectivity index (χ1n) is 23.7. The minimum Gasteiger partial charge on any atom is -0.381 e. The van der Waals surface area contributed by atoms with Gasteiger partial charge in [0, 0.05) is 52.5 Å². The van der Waals surface area contributed by atoms with E-state index in [4.69, 9.17) is 14.2 Å². The van der Waals surface area contributed by atoms with E-state index in [9.17, 15) is 19.2 Å². The Balaban J connectivity index is 4.11. The summed E-state index contributed by atoms with van der Waals surface area (Å²) in [6.45, 7) is 13.4. The molecule has 0 aliphatic carbocycles. The van der Waals surface area contributed by atoms with Crippen molar-refractivity contribution in [3.63, 3.8) is 0 Å². The van der Waals surface area contributed by atoms with E-state index in [1.165, 1.54) is 103 Å². The van der Waals surface area contributed by atoms with Gasteiger partial charge in [-0.2, -0.15) is 0 Å². The summed E-state index contributed by atoms with van der Waals surface area (Å²) in [7, 11) is 0. The molecule has 0 aromatic rings. The van der Waals surface area contributed by atoms with Gasteiger partial charge in [0.05, 0.1) is 0 Å². The molecule has 0 atom stereocenters. The average molecular weight is 811 g/mol. The largest absolute Gasteiger partial charge is 0.381 e. The predicted octanol–water partition coefficient (Wildman–Crippen LogP) is 9.15. The number of hydrogen-bond donors (Lipinski definition) is 2. The third kappa shape index (κ3) is 37.8. The zero-order valence-electron chi connectivity index (χ0n) is 37.6. The molecular formula is C46H90N4O7. The highest BCUT2D eigenvalue weighted by Gasteiger charge is 2.16. The highest BCUT2D eigenvalue weighted by atomic mass is 16.5. The second-order valence-electron chi connectivity index (χ2n) is 15.8. The van der Waals surface area contributed by atoms with E-state index < -0.39 is 0 Å². The predicted molar refractivity (Wildman–Crippen MR) is 234 cm³/mol. The number of nitrogens with zero attached hydrogens (tertiary/aromatic N) is 2. The fourth-order valence-corrected chi connectivity index (χ4v) is 6.71. The first-order chi connectivity index (χ1) is 27.9. The number of amides is 4. The normalized spacial score (nSPS) is 11.2. The first kappa shape index (κ1) is 54.8. The second-order valence-corrected chi connectivity index (χ2v) is 15.8. The van der Waals surface area contributed by atoms with Gasteiger partial charge in [-0.1, -0.05) is 156 Å². The van der Waals surface area contributed by atoms with Crippen LogP contribution in [0.5, 0.6) is 0 Å². The van der Waals surface area contributed by atoms with Gasteiger partial charge in [0.1, 0.15) is 26.4 Å². The number of carbonyl (C=O) groups is 4. The monoisotopic (exact) mass is 811 g/mol. The molecule has 0 heterocycles. The summed E-state index contributed by atoms with van der Waals surface area (Å²) in [5, 5.41) is 5.65. The Morgan fingerprint density at radius 1 is 0.351 bits per heavy atom. The Hall–Kier alpha value is -2.24. The molecule has 57 heavy (non-hydrogen) atoms. The van der Waals surface area contributed by atoms with E-state index in [-0.39, 0.29) is 50.1 Å². The van der Waals surface area contributed by atoms with Crippen LogP contribution in [0.3, 0.4) is 0 Å². The number of ether oxygens (including phenoxy) is 3. The van der Waals surface area contributed by atoms with Crippen molar-refractivity contribution in [1.29, 1.82) is 0 Å². The van der Waals surface area contributed by atoms with Crippen molar-refractivity contribution in [3.05, 3.63) is 0 Å². The van der Waals surface area contributed by atoms with Crippen molar-refractivity contribution in [2.24, 2.45) is 0 Å². The maximum Gasteiger partial charge on any atom is 0.248 e. The number of nitrogens with one attached hydrogen (secondary N) is 2. The van der Waals surface area contributed by atoms with Crippen LogP contribution in [0, 0.1) is 0 Å². The van der Waals surface area contributed by atoms with Crippen molar-refractivity contribution < 1.29 is 33.4 Å². The molecule has 0 unspecified atom stereocenters. The van der Waals surface area contributed by atoms with Crippen molar-refractivity contribution in [2.45, 2.75) is 195 Å². The lowest BCUT2D eigenvalue weighted by Gasteiger charge is -2.23. The SMILES string of the molecule is CCCCCCCCN(CCCCCCCC)C(=O)COCC(=O)NCCCOCCCNC(=O)COCC(=O)N(CCCCCCCC)CCCCCCCC. The highest BCUT2D eigenvalue weighted by molar-refractivity contribution is 5.80. The lowest BCUT2D eigenvalue weighted by atomic mass is 10.1. The molecular weight excluding hydrogens is 721 g/mol. The Bertz CT molecular complexity index is 834. The van der Waals surface area contributed by atoms with Crippen LogP contribution in [0.2, 0.25) is 0 Å². The van der Waals surface area contributed by atoms with Crippen molar-refractivity contribution in [1.82, 2.24) is 20.4 Å². The molecule has 0 aliphatic rings. The van der Waals surface area contributed by atoms with Gasteiger partial charge in [0.15, 0.2) is 0 Å². The smallest absolute Gasteiger partial charge is 0.248 e. The van der Waals surface area contributed by atoms with Crippen LogP contribution in [0.4, 0.5) is 0 Å². The van der Waals surface area contributed by atoms with Crippen LogP contribution in [-0.4, -0.2) is 112 Å². The van der Waals surface area contributed by atoms with Crippen LogP contribution >= 0.6 is 0 Å². The summed E-state index contributed by atoms with van der Waals surface area (Å²) in [6, 6.07) is 0. The number of carbonyl (C=O) groups excluding carboxylic acids is 4. The molecule has 0 radical (unpaired) electrons. The van der Waals surface area contributed by atoms with Crippen LogP contribution < -0.4 is 10.6 Å². The summed E-state index contributed by atoms with van der Waals surface area (Å²) in [4.78, 5) is 54.2. The molecule has 11 heteroatoms. The second kappa shape index (κ2) is 43.3. The fraction of sp³-hybridized carbons (Fsp3) is 0.913. The number of hydrogen-bond acceptors (Lipinski definition) is 7. The van der Waals surface area contributed by atoms with Gasteiger partial charge in [-0.25, -0.2) is 0 Å². The summed E-state index contributed by atoms with van der Waals surface area (Å²) < 4.78 is 16.7. The van der Waals surface area contributed by atoms with E-state index in [1.54, 1.807) is 0 Å². The lowest BCUT2D eigenvalue weighted by molar-refractivity contribution is -0.139. The van der Waals surface area contributed by atoms with Crippen molar-refractivity contribution >= 4 is 23.6 Å². The van der Waals surface area contributed by atoms with E-state index in [2.05, 4.69) is 38.3 Å². The van der Waals surface area contributed by atoms with E-state index in [1.807, 2.05) is 9.80 Å². The molecule has 0 saturated heterocycles. The third-order valence-corrected chi connectivity index (χ3v) is 10.3. The van der Waals surface area contributed by atoms with Gasteiger partial charge in [-0.15, -0.1) is 0 Å². The van der Waals surface area contributed by atoms with E-state index >= 15 is 0 Å². The summed E-state index contributed by atoms with van der Waals surface area (Å²) in [5.74, 6) is -0.541. The van der Waals surface area contributed by atoms with Crippen molar-refractivity contribution in [3.8, 4) is 0 Å². The van der Waals surface area contributed by atoms with Crippen molar-refractivity contribution in [2.75, 3.05) is 78.9 Å². The van der Waals surface area contributed by atoms with E-state index in [0.717, 1.165) is 77.5 Å². The molecule has 0 aromatic heterocycles. The maximum atomic E-state index is 12.9. The maximum absolute atomic E-state index is 12.9. The quantitative estimate of drug-likeness (QED) is 0.0588. The van der Waals surface area contributed by atoms with Gasteiger partial charge in [-0.05, 0) is 38.5 Å². The third-order valence-electron chi connectivity index (χ3n) is 10.3. The molecule has 0 saturated carbocycles. The summed E-state index contributed by atoms with van der Waals surface area (Å²) >= 11 is 0. The van der Waals surface area contributed by atoms with E-state index in [0.29, 0.717) is 39.1 Å². The van der Waals surface area contributed by atoms with Crippen LogP contribution in [0.25, 0.3) is 0 Å². The Morgan fingerprint density at radius 3 is 0.930 bits per heavy atom. The van der Waals surface area contributed by atoms with Gasteiger partial charge < -0.3 is 34.6 Å². The molecule has 0 bridgehead atoms. The van der Waals surface area contributed by atoms with Crippen LogP contribution in [0.15, 0.2) is 0 Å². The molecule has 0 aromatic carbocycles. The first-order valence-corrected chi connectivity index (χ1v) is 23.7. The molecule has 336 valence electrons. The van der Waals surface area contributed by atoms with Crippen LogP contribution in [0.1, 0.15) is 195 Å². The van der Waals surface area contributed by atoms with Gasteiger partial charge in [0.25, 0.3) is 0 Å². The highest BCUT2D eigenvalue weighted by Crippen LogP contribution is 2.11. The Labute approximate surface area is 350 Å². The lowest BCUT2D eigenvalue weighted by Crippen LogP contribution is -2.37. The van der Waals surface area contributed by atoms with Gasteiger partial charge in [-0.3, -0.25) is 19.2 Å². The Kier molecular flexibility index (Phi) is 41.6. The summed E-state index contributed by atoms with van der Waals surface area (Å²) in [5.41, 5.74) is 0. The minimum absolute atomic E-state index is 0.0309. The standard InChI is InChI=1S/C46H90N4O7/c1-5-9-13-17-21-25-33-49(34-26-22-18-14-10-6-2)45(53)41-56-39-43(51)47-31-29-37-55-38-30-32-48-44(52)40-57-42-46(54)50(35-27-23-19-15-11-7-3)36-28-24-20-16-12-8-4/h5-42H2,1-4H3,(H,47,51)(H,48,52). The molecule has 2 N–H and O–H groups in total. The molecule has 0 spiro atoms. The van der Waals surface area contributed by atoms with Gasteiger partial charge in [0.2, 0.25) is 23.6 Å². The van der Waals surface area contributed by atoms with Gasteiger partial charge >= 0.3 is 0 Å². The Morgan fingerprint density at radius 2 is 0.632 bits per heavy atom. The molecule has 0 fully saturated rings. The molecule has 0 rings (SSSR count). The average Bonchev–Trinajstić information content (AvgIpc) is 3.20. The molecule has 0 aliphatic heterocycles. The molecule has 11 nitrogen and oxygen atoms in total. The van der Waals surface area contributed by atoms with Crippen LogP contribution in [-0.2, 0) is 33.4 Å². The number of unbranched alkanes of at least 4 members (excludes halogenated alkanes) is 20. The fourth-order valence-electron chi connectivity index (χ4n) is 6.71. The zero-order valence-corrected chi connectivity index (χ0v) is 37.6. The number of rotatable bonds is 44. The summed E-state index contributed by atoms with van der Waals surface area (Å²) in [6.07, 6.45) is 29.8. The molecule has 4 amide bonds.